The maximum absolute atomic E-state index is 4.07. The molecule has 0 radical (unpaired) electrons. The molecule has 1 fully saturated rings. The summed E-state index contributed by atoms with van der Waals surface area (Å²) in [5.74, 6) is 0.882. The summed E-state index contributed by atoms with van der Waals surface area (Å²) in [7, 11) is 0. The van der Waals surface area contributed by atoms with Crippen molar-refractivity contribution >= 4 is 5.82 Å². The Morgan fingerprint density at radius 1 is 1.25 bits per heavy atom. The molecule has 0 amide bonds. The standard InChI is InChI=1S/C12H20N4/c1-11-5-6-12(15-14-11)13-7-4-10-16-8-2-3-9-16/h5-6H,2-4,7-10H2,1H3,(H,13,15). The summed E-state index contributed by atoms with van der Waals surface area (Å²) in [6.07, 6.45) is 3.92. The molecule has 1 N–H and O–H groups in total. The van der Waals surface area contributed by atoms with Crippen LogP contribution >= 0.6 is 0 Å². The van der Waals surface area contributed by atoms with Crippen LogP contribution in [0.1, 0.15) is 25.0 Å². The number of anilines is 1. The topological polar surface area (TPSA) is 41.0 Å². The smallest absolute Gasteiger partial charge is 0.148 e. The van der Waals surface area contributed by atoms with Crippen LogP contribution in [0.25, 0.3) is 0 Å². The van der Waals surface area contributed by atoms with E-state index in [4.69, 9.17) is 0 Å². The molecule has 0 aromatic carbocycles. The molecular formula is C12H20N4. The summed E-state index contributed by atoms with van der Waals surface area (Å²) in [5, 5.41) is 11.4. The SMILES string of the molecule is Cc1ccc(NCCCN2CCCC2)nn1. The summed E-state index contributed by atoms with van der Waals surface area (Å²) in [5.41, 5.74) is 0.961. The second-order valence-electron chi connectivity index (χ2n) is 4.39. The van der Waals surface area contributed by atoms with E-state index in [1.807, 2.05) is 19.1 Å². The van der Waals surface area contributed by atoms with Crippen LogP contribution in [-0.2, 0) is 0 Å². The zero-order chi connectivity index (χ0) is 11.2. The molecule has 0 unspecified atom stereocenters. The summed E-state index contributed by atoms with van der Waals surface area (Å²) in [4.78, 5) is 2.53. The van der Waals surface area contributed by atoms with Gasteiger partial charge in [-0.25, -0.2) is 0 Å². The zero-order valence-corrected chi connectivity index (χ0v) is 9.95. The van der Waals surface area contributed by atoms with Crippen LogP contribution in [0.15, 0.2) is 12.1 Å². The van der Waals surface area contributed by atoms with Crippen LogP contribution in [0.4, 0.5) is 5.82 Å². The van der Waals surface area contributed by atoms with Gasteiger partial charge in [0.2, 0.25) is 0 Å². The van der Waals surface area contributed by atoms with Gasteiger partial charge in [0.25, 0.3) is 0 Å². The Morgan fingerprint density at radius 3 is 2.75 bits per heavy atom. The lowest BCUT2D eigenvalue weighted by atomic mass is 10.3. The molecule has 2 heterocycles. The van der Waals surface area contributed by atoms with Gasteiger partial charge < -0.3 is 10.2 Å². The number of rotatable bonds is 5. The maximum Gasteiger partial charge on any atom is 0.148 e. The third kappa shape index (κ3) is 3.45. The molecule has 0 bridgehead atoms. The van der Waals surface area contributed by atoms with E-state index in [9.17, 15) is 0 Å². The van der Waals surface area contributed by atoms with Crippen molar-refractivity contribution in [3.63, 3.8) is 0 Å². The fraction of sp³-hybridized carbons (Fsp3) is 0.667. The predicted octanol–water partition coefficient (Wildman–Crippen LogP) is 1.68. The molecule has 88 valence electrons. The summed E-state index contributed by atoms with van der Waals surface area (Å²) in [6, 6.07) is 3.97. The molecular weight excluding hydrogens is 200 g/mol. The van der Waals surface area contributed by atoms with E-state index in [1.54, 1.807) is 0 Å². The lowest BCUT2D eigenvalue weighted by molar-refractivity contribution is 0.337. The average Bonchev–Trinajstić information content (AvgIpc) is 2.80. The monoisotopic (exact) mass is 220 g/mol. The molecule has 2 rings (SSSR count). The first kappa shape index (κ1) is 11.3. The molecule has 1 aliphatic heterocycles. The average molecular weight is 220 g/mol. The Kier molecular flexibility index (Phi) is 4.10. The molecule has 0 aliphatic carbocycles. The molecule has 0 saturated carbocycles. The molecule has 0 atom stereocenters. The molecule has 16 heavy (non-hydrogen) atoms. The lowest BCUT2D eigenvalue weighted by Crippen LogP contribution is -2.22. The van der Waals surface area contributed by atoms with E-state index in [0.717, 1.165) is 18.1 Å². The number of hydrogen-bond donors (Lipinski definition) is 1. The molecule has 1 aromatic rings. The van der Waals surface area contributed by atoms with Gasteiger partial charge in [-0.05, 0) is 58.0 Å². The molecule has 1 aliphatic rings. The van der Waals surface area contributed by atoms with Crippen LogP contribution in [-0.4, -0.2) is 41.3 Å². The van der Waals surface area contributed by atoms with Crippen LogP contribution < -0.4 is 5.32 Å². The van der Waals surface area contributed by atoms with Crippen molar-refractivity contribution in [1.82, 2.24) is 15.1 Å². The number of aromatic nitrogens is 2. The van der Waals surface area contributed by atoms with Crippen LogP contribution in [0.3, 0.4) is 0 Å². The predicted molar refractivity (Wildman–Crippen MR) is 65.5 cm³/mol. The largest absolute Gasteiger partial charge is 0.369 e. The van der Waals surface area contributed by atoms with Gasteiger partial charge in [0.05, 0.1) is 5.69 Å². The molecule has 4 nitrogen and oxygen atoms in total. The number of likely N-dealkylation sites (tertiary alicyclic amines) is 1. The van der Waals surface area contributed by atoms with E-state index in [0.29, 0.717) is 0 Å². The quantitative estimate of drug-likeness (QED) is 0.767. The lowest BCUT2D eigenvalue weighted by Gasteiger charge is -2.14. The highest BCUT2D eigenvalue weighted by Gasteiger charge is 2.09. The van der Waals surface area contributed by atoms with E-state index < -0.39 is 0 Å². The number of nitrogens with one attached hydrogen (secondary N) is 1. The highest BCUT2D eigenvalue weighted by atomic mass is 15.2. The van der Waals surface area contributed by atoms with Crippen LogP contribution in [0.2, 0.25) is 0 Å². The summed E-state index contributed by atoms with van der Waals surface area (Å²) >= 11 is 0. The second-order valence-corrected chi connectivity index (χ2v) is 4.39. The molecule has 4 heteroatoms. The fourth-order valence-electron chi connectivity index (χ4n) is 2.02. The van der Waals surface area contributed by atoms with Gasteiger partial charge in [-0.1, -0.05) is 0 Å². The van der Waals surface area contributed by atoms with Crippen molar-refractivity contribution in [2.75, 3.05) is 31.5 Å². The van der Waals surface area contributed by atoms with E-state index >= 15 is 0 Å². The van der Waals surface area contributed by atoms with Gasteiger partial charge in [-0.15, -0.1) is 5.10 Å². The van der Waals surface area contributed by atoms with Crippen molar-refractivity contribution in [3.05, 3.63) is 17.8 Å². The van der Waals surface area contributed by atoms with Gasteiger partial charge >= 0.3 is 0 Å². The Bertz CT molecular complexity index is 303. The van der Waals surface area contributed by atoms with E-state index in [1.165, 1.54) is 38.9 Å². The first-order valence-corrected chi connectivity index (χ1v) is 6.11. The Labute approximate surface area is 97.1 Å². The van der Waals surface area contributed by atoms with Gasteiger partial charge in [-0.3, -0.25) is 0 Å². The van der Waals surface area contributed by atoms with Crippen molar-refractivity contribution < 1.29 is 0 Å². The van der Waals surface area contributed by atoms with Gasteiger partial charge in [0.15, 0.2) is 0 Å². The summed E-state index contributed by atoms with van der Waals surface area (Å²) < 4.78 is 0. The Morgan fingerprint density at radius 2 is 2.06 bits per heavy atom. The van der Waals surface area contributed by atoms with Crippen molar-refractivity contribution in [3.8, 4) is 0 Å². The van der Waals surface area contributed by atoms with Crippen molar-refractivity contribution in [1.29, 1.82) is 0 Å². The highest BCUT2D eigenvalue weighted by Crippen LogP contribution is 2.07. The Hall–Kier alpha value is -1.16. The number of hydrogen-bond acceptors (Lipinski definition) is 4. The minimum atomic E-state index is 0.882. The van der Waals surface area contributed by atoms with Crippen LogP contribution in [0.5, 0.6) is 0 Å². The van der Waals surface area contributed by atoms with Gasteiger partial charge in [-0.2, -0.15) is 5.10 Å². The fourth-order valence-corrected chi connectivity index (χ4v) is 2.02. The minimum Gasteiger partial charge on any atom is -0.369 e. The molecule has 1 saturated heterocycles. The normalized spacial score (nSPS) is 16.6. The zero-order valence-electron chi connectivity index (χ0n) is 9.95. The van der Waals surface area contributed by atoms with Crippen molar-refractivity contribution in [2.24, 2.45) is 0 Å². The molecule has 1 aromatic heterocycles. The van der Waals surface area contributed by atoms with Crippen LogP contribution in [0, 0.1) is 6.92 Å². The van der Waals surface area contributed by atoms with E-state index in [-0.39, 0.29) is 0 Å². The highest BCUT2D eigenvalue weighted by molar-refractivity contribution is 5.32. The van der Waals surface area contributed by atoms with Gasteiger partial charge in [0.1, 0.15) is 5.82 Å². The number of aryl methyl sites for hydroxylation is 1. The maximum atomic E-state index is 4.07. The first-order chi connectivity index (χ1) is 7.84. The third-order valence-corrected chi connectivity index (χ3v) is 2.95. The minimum absolute atomic E-state index is 0.882. The second kappa shape index (κ2) is 5.80. The van der Waals surface area contributed by atoms with Gasteiger partial charge in [0, 0.05) is 6.54 Å². The number of nitrogens with zero attached hydrogens (tertiary/aromatic N) is 3. The Balaban J connectivity index is 1.62. The van der Waals surface area contributed by atoms with E-state index in [2.05, 4.69) is 20.4 Å². The third-order valence-electron chi connectivity index (χ3n) is 2.95. The molecule has 0 spiro atoms. The summed E-state index contributed by atoms with van der Waals surface area (Å²) in [6.45, 7) is 6.69. The van der Waals surface area contributed by atoms with Crippen molar-refractivity contribution in [2.45, 2.75) is 26.2 Å². The first-order valence-electron chi connectivity index (χ1n) is 6.11.